The number of alkyl halides is 3. The fraction of sp³-hybridized carbons (Fsp3) is 0.211. The Balaban J connectivity index is 1.54. The number of aryl methyl sites for hydroxylation is 1. The second kappa shape index (κ2) is 9.78. The molecule has 0 saturated carbocycles. The molecule has 0 bridgehead atoms. The lowest BCUT2D eigenvalue weighted by Gasteiger charge is -2.11. The van der Waals surface area contributed by atoms with E-state index in [1.165, 1.54) is 0 Å². The molecule has 2 aromatic heterocycles. The van der Waals surface area contributed by atoms with Gasteiger partial charge in [-0.1, -0.05) is 6.07 Å². The van der Waals surface area contributed by atoms with Crippen molar-refractivity contribution in [2.45, 2.75) is 18.2 Å². The molecule has 13 heteroatoms. The summed E-state index contributed by atoms with van der Waals surface area (Å²) in [5.41, 5.74) is 0. The second-order valence-corrected chi connectivity index (χ2v) is 8.14. The van der Waals surface area contributed by atoms with Crippen LogP contribution in [-0.4, -0.2) is 42.8 Å². The Bertz CT molecular complexity index is 1140. The molecule has 170 valence electrons. The number of ether oxygens (including phenoxy) is 1. The van der Waals surface area contributed by atoms with Crippen LogP contribution >= 0.6 is 0 Å². The highest BCUT2D eigenvalue weighted by Gasteiger charge is 2.31. The molecule has 3 N–H and O–H groups in total. The molecule has 1 aromatic carbocycles. The smallest absolute Gasteiger partial charge is 0.406 e. The monoisotopic (exact) mass is 468 g/mol. The van der Waals surface area contributed by atoms with E-state index in [4.69, 9.17) is 0 Å². The molecule has 3 aromatic rings. The molecule has 0 aliphatic carbocycles. The summed E-state index contributed by atoms with van der Waals surface area (Å²) in [7, 11) is -3.91. The Kier molecular flexibility index (Phi) is 7.10. The molecular formula is C19H19F3N6O3S. The summed E-state index contributed by atoms with van der Waals surface area (Å²) in [4.78, 5) is 12.5. The van der Waals surface area contributed by atoms with Crippen molar-refractivity contribution in [2.75, 3.05) is 23.7 Å². The first-order valence-electron chi connectivity index (χ1n) is 9.24. The molecule has 32 heavy (non-hydrogen) atoms. The second-order valence-electron chi connectivity index (χ2n) is 6.37. The predicted octanol–water partition coefficient (Wildman–Crippen LogP) is 3.21. The lowest BCUT2D eigenvalue weighted by Crippen LogP contribution is -2.29. The maximum absolute atomic E-state index is 12.3. The minimum absolute atomic E-state index is 0.00912. The molecule has 0 atom stereocenters. The molecule has 0 unspecified atom stereocenters. The zero-order valence-corrected chi connectivity index (χ0v) is 17.5. The molecule has 0 fully saturated rings. The number of benzene rings is 1. The first-order chi connectivity index (χ1) is 15.1. The van der Waals surface area contributed by atoms with E-state index >= 15 is 0 Å². The number of hydrogen-bond acceptors (Lipinski definition) is 8. The number of aromatic nitrogens is 3. The molecule has 3 rings (SSSR count). The summed E-state index contributed by atoms with van der Waals surface area (Å²) in [6.07, 6.45) is -3.21. The highest BCUT2D eigenvalue weighted by atomic mass is 32.2. The first-order valence-corrected chi connectivity index (χ1v) is 10.7. The van der Waals surface area contributed by atoms with Crippen LogP contribution in [0, 0.1) is 6.92 Å². The van der Waals surface area contributed by atoms with Gasteiger partial charge in [-0.2, -0.15) is 0 Å². The maximum atomic E-state index is 12.3. The fourth-order valence-electron chi connectivity index (χ4n) is 2.57. The number of hydrogen-bond donors (Lipinski definition) is 3. The van der Waals surface area contributed by atoms with Crippen LogP contribution in [0.3, 0.4) is 0 Å². The lowest BCUT2D eigenvalue weighted by molar-refractivity contribution is -0.274. The zero-order valence-electron chi connectivity index (χ0n) is 16.7. The van der Waals surface area contributed by atoms with Crippen LogP contribution in [0.2, 0.25) is 0 Å². The van der Waals surface area contributed by atoms with Crippen molar-refractivity contribution in [1.29, 1.82) is 0 Å². The van der Waals surface area contributed by atoms with Gasteiger partial charge >= 0.3 is 6.36 Å². The largest absolute Gasteiger partial charge is 0.573 e. The van der Waals surface area contributed by atoms with Gasteiger partial charge in [0.1, 0.15) is 29.0 Å². The molecule has 9 nitrogen and oxygen atoms in total. The number of sulfonamides is 1. The van der Waals surface area contributed by atoms with E-state index < -0.39 is 22.1 Å². The highest BCUT2D eigenvalue weighted by molar-refractivity contribution is 7.89. The molecule has 2 heterocycles. The fourth-order valence-corrected chi connectivity index (χ4v) is 3.60. The van der Waals surface area contributed by atoms with Gasteiger partial charge in [0.15, 0.2) is 0 Å². The van der Waals surface area contributed by atoms with E-state index in [1.54, 1.807) is 31.3 Å². The van der Waals surface area contributed by atoms with Gasteiger partial charge in [-0.05, 0) is 43.3 Å². The maximum Gasteiger partial charge on any atom is 0.573 e. The van der Waals surface area contributed by atoms with Crippen LogP contribution in [0.5, 0.6) is 5.75 Å². The van der Waals surface area contributed by atoms with E-state index in [9.17, 15) is 21.6 Å². The van der Waals surface area contributed by atoms with Crippen molar-refractivity contribution >= 4 is 27.5 Å². The summed E-state index contributed by atoms with van der Waals surface area (Å²) >= 11 is 0. The van der Waals surface area contributed by atoms with Gasteiger partial charge in [0.05, 0.1) is 4.90 Å². The van der Waals surface area contributed by atoms with Crippen molar-refractivity contribution in [3.05, 3.63) is 60.6 Å². The summed E-state index contributed by atoms with van der Waals surface area (Å²) in [6.45, 7) is 1.92. The van der Waals surface area contributed by atoms with Crippen LogP contribution in [0.25, 0.3) is 0 Å². The van der Waals surface area contributed by atoms with Crippen LogP contribution in [0.4, 0.5) is 30.6 Å². The number of nitrogens with zero attached hydrogens (tertiary/aromatic N) is 3. The van der Waals surface area contributed by atoms with E-state index in [0.29, 0.717) is 23.3 Å². The Morgan fingerprint density at radius 3 is 2.34 bits per heavy atom. The first kappa shape index (κ1) is 23.2. The minimum atomic E-state index is -4.85. The van der Waals surface area contributed by atoms with Gasteiger partial charge in [-0.3, -0.25) is 0 Å². The molecule has 0 aliphatic heterocycles. The van der Waals surface area contributed by atoms with Gasteiger partial charge in [0.25, 0.3) is 0 Å². The van der Waals surface area contributed by atoms with Crippen LogP contribution in [-0.2, 0) is 10.0 Å². The molecule has 0 saturated heterocycles. The van der Waals surface area contributed by atoms with Crippen molar-refractivity contribution in [1.82, 2.24) is 19.7 Å². The number of nitrogens with one attached hydrogen (secondary N) is 3. The van der Waals surface area contributed by atoms with E-state index in [0.717, 1.165) is 24.3 Å². The average molecular weight is 468 g/mol. The number of rotatable bonds is 9. The third-order valence-electron chi connectivity index (χ3n) is 3.85. The molecule has 0 spiro atoms. The summed E-state index contributed by atoms with van der Waals surface area (Å²) < 4.78 is 67.3. The Morgan fingerprint density at radius 1 is 0.969 bits per heavy atom. The summed E-state index contributed by atoms with van der Waals surface area (Å²) in [5, 5.41) is 6.03. The zero-order chi connectivity index (χ0) is 23.2. The predicted molar refractivity (Wildman–Crippen MR) is 111 cm³/mol. The molecule has 0 aliphatic rings. The summed E-state index contributed by atoms with van der Waals surface area (Å²) in [5.74, 6) is 1.59. The van der Waals surface area contributed by atoms with Crippen molar-refractivity contribution < 1.29 is 26.3 Å². The SMILES string of the molecule is Cc1nc(NCCNS(=O)(=O)c2ccc(OC(F)(F)F)cc2)cc(Nc2ccccn2)n1. The normalized spacial score (nSPS) is 11.8. The quantitative estimate of drug-likeness (QED) is 0.410. The number of pyridine rings is 1. The van der Waals surface area contributed by atoms with Gasteiger partial charge in [-0.25, -0.2) is 28.1 Å². The van der Waals surface area contributed by atoms with Crippen LogP contribution in [0.15, 0.2) is 59.6 Å². The lowest BCUT2D eigenvalue weighted by atomic mass is 10.3. The standard InChI is InChI=1S/C19H19F3N6O3S/c1-13-26-17(12-18(27-13)28-16-4-2-3-9-23-16)24-10-11-25-32(29,30)15-7-5-14(6-8-15)31-19(20,21)22/h2-9,12,25H,10-11H2,1H3,(H2,23,24,26,27,28). The molecule has 0 amide bonds. The Labute approximate surface area is 182 Å². The number of anilines is 3. The highest BCUT2D eigenvalue weighted by Crippen LogP contribution is 2.23. The van der Waals surface area contributed by atoms with E-state index in [1.807, 2.05) is 6.07 Å². The topological polar surface area (TPSA) is 118 Å². The molecular weight excluding hydrogens is 449 g/mol. The van der Waals surface area contributed by atoms with E-state index in [-0.39, 0.29) is 18.0 Å². The van der Waals surface area contributed by atoms with Gasteiger partial charge in [0, 0.05) is 25.4 Å². The van der Waals surface area contributed by atoms with Crippen LogP contribution in [0.1, 0.15) is 5.82 Å². The van der Waals surface area contributed by atoms with Crippen LogP contribution < -0.4 is 20.1 Å². The van der Waals surface area contributed by atoms with Crippen molar-refractivity contribution in [3.8, 4) is 5.75 Å². The Hall–Kier alpha value is -3.45. The average Bonchev–Trinajstić information content (AvgIpc) is 2.71. The van der Waals surface area contributed by atoms with Crippen molar-refractivity contribution in [3.63, 3.8) is 0 Å². The van der Waals surface area contributed by atoms with Gasteiger partial charge < -0.3 is 15.4 Å². The summed E-state index contributed by atoms with van der Waals surface area (Å²) in [6, 6.07) is 11.0. The minimum Gasteiger partial charge on any atom is -0.406 e. The van der Waals surface area contributed by atoms with Gasteiger partial charge in [-0.15, -0.1) is 13.2 Å². The number of halogens is 3. The third-order valence-corrected chi connectivity index (χ3v) is 5.33. The van der Waals surface area contributed by atoms with Crippen molar-refractivity contribution in [2.24, 2.45) is 0 Å². The Morgan fingerprint density at radius 2 is 1.69 bits per heavy atom. The van der Waals surface area contributed by atoms with Gasteiger partial charge in [0.2, 0.25) is 10.0 Å². The molecule has 0 radical (unpaired) electrons. The van der Waals surface area contributed by atoms with E-state index in [2.05, 4.69) is 35.0 Å². The third kappa shape index (κ3) is 7.06.